The Bertz CT molecular complexity index is 331. The SMILES string of the molecule is O=C(O)c1cc(C2CCCCS2)on1. The molecule has 1 saturated heterocycles. The Morgan fingerprint density at radius 2 is 2.50 bits per heavy atom. The standard InChI is InChI=1S/C9H11NO3S/c11-9(12)6-5-7(13-10-6)8-3-1-2-4-14-8/h5,8H,1-4H2,(H,11,12). The maximum Gasteiger partial charge on any atom is 0.358 e. The largest absolute Gasteiger partial charge is 0.476 e. The van der Waals surface area contributed by atoms with Gasteiger partial charge in [0.25, 0.3) is 0 Å². The van der Waals surface area contributed by atoms with Crippen molar-refractivity contribution in [3.8, 4) is 0 Å². The number of thioether (sulfide) groups is 1. The van der Waals surface area contributed by atoms with Gasteiger partial charge in [-0.2, -0.15) is 11.8 Å². The molecule has 76 valence electrons. The van der Waals surface area contributed by atoms with Gasteiger partial charge in [0.15, 0.2) is 11.5 Å². The maximum atomic E-state index is 10.6. The monoisotopic (exact) mass is 213 g/mol. The average Bonchev–Trinajstić information content (AvgIpc) is 2.68. The van der Waals surface area contributed by atoms with Crippen LogP contribution in [0, 0.1) is 0 Å². The van der Waals surface area contributed by atoms with Gasteiger partial charge in [0.05, 0.1) is 5.25 Å². The molecular weight excluding hydrogens is 202 g/mol. The zero-order valence-corrected chi connectivity index (χ0v) is 8.42. The van der Waals surface area contributed by atoms with Crippen LogP contribution >= 0.6 is 11.8 Å². The lowest BCUT2D eigenvalue weighted by Crippen LogP contribution is -2.01. The molecule has 0 aliphatic carbocycles. The minimum atomic E-state index is -1.03. The van der Waals surface area contributed by atoms with Crippen molar-refractivity contribution >= 4 is 17.7 Å². The van der Waals surface area contributed by atoms with Gasteiger partial charge in [-0.05, 0) is 18.6 Å². The van der Waals surface area contributed by atoms with Crippen LogP contribution in [-0.2, 0) is 0 Å². The molecule has 0 amide bonds. The molecule has 1 unspecified atom stereocenters. The first-order chi connectivity index (χ1) is 6.77. The molecule has 5 heteroatoms. The van der Waals surface area contributed by atoms with Crippen LogP contribution in [0.1, 0.15) is 40.8 Å². The van der Waals surface area contributed by atoms with E-state index >= 15 is 0 Å². The molecular formula is C9H11NO3S. The molecule has 1 N–H and O–H groups in total. The van der Waals surface area contributed by atoms with Crippen LogP contribution in [0.3, 0.4) is 0 Å². The van der Waals surface area contributed by atoms with Crippen LogP contribution in [0.2, 0.25) is 0 Å². The molecule has 2 heterocycles. The first-order valence-corrected chi connectivity index (χ1v) is 5.64. The van der Waals surface area contributed by atoms with Crippen LogP contribution in [0.15, 0.2) is 10.6 Å². The lowest BCUT2D eigenvalue weighted by atomic mass is 10.1. The van der Waals surface area contributed by atoms with E-state index in [1.807, 2.05) is 11.8 Å². The lowest BCUT2D eigenvalue weighted by Gasteiger charge is -2.17. The average molecular weight is 213 g/mol. The molecule has 0 bridgehead atoms. The van der Waals surface area contributed by atoms with Crippen LogP contribution in [0.4, 0.5) is 0 Å². The topological polar surface area (TPSA) is 63.3 Å². The molecule has 1 fully saturated rings. The van der Waals surface area contributed by atoms with Crippen molar-refractivity contribution < 1.29 is 14.4 Å². The van der Waals surface area contributed by atoms with Crippen LogP contribution in [0.5, 0.6) is 0 Å². The Labute approximate surface area is 85.7 Å². The molecule has 0 aromatic carbocycles. The van der Waals surface area contributed by atoms with E-state index in [1.165, 1.54) is 18.9 Å². The normalized spacial score (nSPS) is 22.1. The molecule has 1 aliphatic heterocycles. The zero-order chi connectivity index (χ0) is 9.97. The first-order valence-electron chi connectivity index (χ1n) is 4.59. The second-order valence-electron chi connectivity index (χ2n) is 3.27. The van der Waals surface area contributed by atoms with Gasteiger partial charge < -0.3 is 9.63 Å². The van der Waals surface area contributed by atoms with Gasteiger partial charge in [0.2, 0.25) is 0 Å². The summed E-state index contributed by atoms with van der Waals surface area (Å²) < 4.78 is 5.01. The zero-order valence-electron chi connectivity index (χ0n) is 7.60. The molecule has 1 atom stereocenters. The van der Waals surface area contributed by atoms with E-state index in [-0.39, 0.29) is 5.69 Å². The third-order valence-corrected chi connectivity index (χ3v) is 3.64. The van der Waals surface area contributed by atoms with E-state index in [1.54, 1.807) is 0 Å². The number of carboxylic acids is 1. The number of carbonyl (C=O) groups is 1. The number of hydrogen-bond donors (Lipinski definition) is 1. The number of nitrogens with zero attached hydrogens (tertiary/aromatic N) is 1. The summed E-state index contributed by atoms with van der Waals surface area (Å²) >= 11 is 1.81. The molecule has 0 spiro atoms. The third kappa shape index (κ3) is 1.92. The Balaban J connectivity index is 2.11. The highest BCUT2D eigenvalue weighted by Crippen LogP contribution is 2.38. The number of aromatic nitrogens is 1. The van der Waals surface area contributed by atoms with E-state index in [4.69, 9.17) is 9.63 Å². The smallest absolute Gasteiger partial charge is 0.358 e. The highest BCUT2D eigenvalue weighted by atomic mass is 32.2. The van der Waals surface area contributed by atoms with Gasteiger partial charge >= 0.3 is 5.97 Å². The summed E-state index contributed by atoms with van der Waals surface area (Å²) in [7, 11) is 0. The number of rotatable bonds is 2. The minimum Gasteiger partial charge on any atom is -0.476 e. The van der Waals surface area contributed by atoms with Gasteiger partial charge in [-0.15, -0.1) is 0 Å². The predicted octanol–water partition coefficient (Wildman–Crippen LogP) is 2.33. The minimum absolute atomic E-state index is 0.00572. The number of aromatic carboxylic acids is 1. The van der Waals surface area contributed by atoms with Gasteiger partial charge in [0, 0.05) is 6.07 Å². The molecule has 0 saturated carbocycles. The van der Waals surface area contributed by atoms with E-state index in [2.05, 4.69) is 5.16 Å². The lowest BCUT2D eigenvalue weighted by molar-refractivity contribution is 0.0685. The highest BCUT2D eigenvalue weighted by molar-refractivity contribution is 7.99. The van der Waals surface area contributed by atoms with Crippen molar-refractivity contribution in [2.45, 2.75) is 24.5 Å². The fourth-order valence-corrected chi connectivity index (χ4v) is 2.77. The van der Waals surface area contributed by atoms with E-state index in [0.29, 0.717) is 11.0 Å². The second-order valence-corrected chi connectivity index (χ2v) is 4.59. The van der Waals surface area contributed by atoms with Crippen molar-refractivity contribution in [3.05, 3.63) is 17.5 Å². The molecule has 1 aromatic rings. The fourth-order valence-electron chi connectivity index (χ4n) is 1.51. The Morgan fingerprint density at radius 1 is 1.64 bits per heavy atom. The molecule has 0 radical (unpaired) electrons. The Morgan fingerprint density at radius 3 is 3.07 bits per heavy atom. The summed E-state index contributed by atoms with van der Waals surface area (Å²) in [5, 5.41) is 12.5. The summed E-state index contributed by atoms with van der Waals surface area (Å²) in [4.78, 5) is 10.6. The third-order valence-electron chi connectivity index (χ3n) is 2.24. The predicted molar refractivity (Wildman–Crippen MR) is 52.5 cm³/mol. The summed E-state index contributed by atoms with van der Waals surface area (Å²) in [6.45, 7) is 0. The van der Waals surface area contributed by atoms with Crippen molar-refractivity contribution in [1.82, 2.24) is 5.16 Å². The number of hydrogen-bond acceptors (Lipinski definition) is 4. The Kier molecular flexibility index (Phi) is 2.77. The van der Waals surface area contributed by atoms with Crippen LogP contribution < -0.4 is 0 Å². The molecule has 2 rings (SSSR count). The van der Waals surface area contributed by atoms with E-state index in [9.17, 15) is 4.79 Å². The van der Waals surface area contributed by atoms with E-state index in [0.717, 1.165) is 12.2 Å². The molecule has 4 nitrogen and oxygen atoms in total. The first kappa shape index (κ1) is 9.58. The summed E-state index contributed by atoms with van der Waals surface area (Å²) in [6, 6.07) is 1.53. The van der Waals surface area contributed by atoms with E-state index < -0.39 is 5.97 Å². The van der Waals surface area contributed by atoms with Crippen LogP contribution in [-0.4, -0.2) is 22.0 Å². The van der Waals surface area contributed by atoms with Crippen molar-refractivity contribution in [1.29, 1.82) is 0 Å². The molecule has 1 aromatic heterocycles. The summed E-state index contributed by atoms with van der Waals surface area (Å²) in [5.74, 6) is 0.793. The Hall–Kier alpha value is -0.970. The van der Waals surface area contributed by atoms with Gasteiger partial charge in [-0.1, -0.05) is 11.6 Å². The second kappa shape index (κ2) is 4.04. The number of carboxylic acid groups (broad SMARTS) is 1. The van der Waals surface area contributed by atoms with Gasteiger partial charge in [-0.3, -0.25) is 0 Å². The van der Waals surface area contributed by atoms with Crippen molar-refractivity contribution in [2.24, 2.45) is 0 Å². The fraction of sp³-hybridized carbons (Fsp3) is 0.556. The highest BCUT2D eigenvalue weighted by Gasteiger charge is 2.21. The van der Waals surface area contributed by atoms with Crippen molar-refractivity contribution in [2.75, 3.05) is 5.75 Å². The maximum absolute atomic E-state index is 10.6. The van der Waals surface area contributed by atoms with Gasteiger partial charge in [0.1, 0.15) is 0 Å². The summed E-state index contributed by atoms with van der Waals surface area (Å²) in [5.41, 5.74) is 0.00572. The molecule has 14 heavy (non-hydrogen) atoms. The van der Waals surface area contributed by atoms with Gasteiger partial charge in [-0.25, -0.2) is 4.79 Å². The van der Waals surface area contributed by atoms with Crippen LogP contribution in [0.25, 0.3) is 0 Å². The molecule has 1 aliphatic rings. The van der Waals surface area contributed by atoms with Crippen molar-refractivity contribution in [3.63, 3.8) is 0 Å². The summed E-state index contributed by atoms with van der Waals surface area (Å²) in [6.07, 6.45) is 3.47. The quantitative estimate of drug-likeness (QED) is 0.816.